The first-order valence-corrected chi connectivity index (χ1v) is 11.3. The third-order valence-electron chi connectivity index (χ3n) is 5.26. The van der Waals surface area contributed by atoms with E-state index in [4.69, 9.17) is 0 Å². The largest absolute Gasteiger partial charge is 0.351 e. The van der Waals surface area contributed by atoms with E-state index in [2.05, 4.69) is 39.9 Å². The lowest BCUT2D eigenvalue weighted by Crippen LogP contribution is -2.28. The number of aromatic nitrogens is 1. The van der Waals surface area contributed by atoms with Crippen molar-refractivity contribution in [2.45, 2.75) is 38.5 Å². The van der Waals surface area contributed by atoms with Crippen LogP contribution in [0.3, 0.4) is 0 Å². The molecule has 0 atom stereocenters. The van der Waals surface area contributed by atoms with Gasteiger partial charge in [0.25, 0.3) is 11.8 Å². The van der Waals surface area contributed by atoms with Gasteiger partial charge in [0.1, 0.15) is 11.4 Å². The molecule has 0 aliphatic heterocycles. The van der Waals surface area contributed by atoms with Gasteiger partial charge in [-0.15, -0.1) is 0 Å². The molecule has 2 aromatic carbocycles. The number of aryl methyl sites for hydroxylation is 2. The number of unbranched alkanes of at least 4 members (excludes halogenated alkanes) is 2. The van der Waals surface area contributed by atoms with Crippen LogP contribution in [0.15, 0.2) is 78.9 Å². The first-order valence-electron chi connectivity index (χ1n) is 11.3. The van der Waals surface area contributed by atoms with Crippen molar-refractivity contribution in [3.05, 3.63) is 101 Å². The summed E-state index contributed by atoms with van der Waals surface area (Å²) in [7, 11) is 0. The number of benzene rings is 2. The number of nitrogens with one attached hydrogen (secondary N) is 2. The average Bonchev–Trinajstić information content (AvgIpc) is 2.84. The molecule has 0 unspecified atom stereocenters. The maximum absolute atomic E-state index is 12.4. The molecular weight excluding hydrogens is 398 g/mol. The minimum absolute atomic E-state index is 0.248. The molecule has 5 nitrogen and oxygen atoms in total. The number of amides is 2. The summed E-state index contributed by atoms with van der Waals surface area (Å²) in [6.45, 7) is 1.18. The Kier molecular flexibility index (Phi) is 9.46. The second-order valence-electron chi connectivity index (χ2n) is 7.81. The highest BCUT2D eigenvalue weighted by molar-refractivity contribution is 5.96. The van der Waals surface area contributed by atoms with Crippen molar-refractivity contribution in [3.8, 4) is 0 Å². The maximum atomic E-state index is 12.4. The zero-order valence-electron chi connectivity index (χ0n) is 18.4. The Hall–Kier alpha value is -3.47. The van der Waals surface area contributed by atoms with Crippen molar-refractivity contribution in [2.75, 3.05) is 13.1 Å². The van der Waals surface area contributed by atoms with E-state index in [0.29, 0.717) is 13.1 Å². The van der Waals surface area contributed by atoms with E-state index in [1.807, 2.05) is 36.4 Å². The summed E-state index contributed by atoms with van der Waals surface area (Å²) in [6.07, 6.45) is 5.79. The normalized spacial score (nSPS) is 10.5. The summed E-state index contributed by atoms with van der Waals surface area (Å²) in [5, 5.41) is 5.79. The molecule has 3 rings (SSSR count). The average molecular weight is 430 g/mol. The number of carbonyl (C=O) groups excluding carboxylic acids is 2. The highest BCUT2D eigenvalue weighted by Gasteiger charge is 2.11. The van der Waals surface area contributed by atoms with E-state index in [-0.39, 0.29) is 23.2 Å². The topological polar surface area (TPSA) is 71.1 Å². The molecule has 0 saturated carbocycles. The van der Waals surface area contributed by atoms with Gasteiger partial charge in [0.2, 0.25) is 0 Å². The molecular formula is C27H31N3O2. The van der Waals surface area contributed by atoms with Crippen LogP contribution in [-0.2, 0) is 12.8 Å². The first-order chi connectivity index (χ1) is 15.7. The van der Waals surface area contributed by atoms with Gasteiger partial charge in [-0.05, 0) is 61.8 Å². The standard InChI is InChI=1S/C27H31N3O2/c31-26(28-20-9-7-16-22-12-3-1-4-13-22)24-18-11-19-25(30-24)27(32)29-21-10-8-17-23-14-5-2-6-15-23/h1-6,11-15,18-19H,7-10,16-17,20-21H2,(H,28,31)(H,29,32). The molecule has 0 aliphatic rings. The zero-order valence-corrected chi connectivity index (χ0v) is 18.4. The summed E-state index contributed by atoms with van der Waals surface area (Å²) in [4.78, 5) is 29.0. The van der Waals surface area contributed by atoms with Gasteiger partial charge in [-0.1, -0.05) is 66.7 Å². The minimum atomic E-state index is -0.248. The zero-order chi connectivity index (χ0) is 22.4. The molecule has 0 bridgehead atoms. The fraction of sp³-hybridized carbons (Fsp3) is 0.296. The molecule has 166 valence electrons. The second-order valence-corrected chi connectivity index (χ2v) is 7.81. The van der Waals surface area contributed by atoms with Crippen LogP contribution in [0.25, 0.3) is 0 Å². The van der Waals surface area contributed by atoms with E-state index in [1.54, 1.807) is 18.2 Å². The Morgan fingerprint density at radius 1 is 0.562 bits per heavy atom. The van der Waals surface area contributed by atoms with Crippen molar-refractivity contribution in [1.29, 1.82) is 0 Å². The van der Waals surface area contributed by atoms with Gasteiger partial charge < -0.3 is 10.6 Å². The van der Waals surface area contributed by atoms with Gasteiger partial charge in [0.15, 0.2) is 0 Å². The molecule has 1 heterocycles. The minimum Gasteiger partial charge on any atom is -0.351 e. The van der Waals surface area contributed by atoms with Crippen molar-refractivity contribution >= 4 is 11.8 Å². The van der Waals surface area contributed by atoms with Crippen LogP contribution in [0.4, 0.5) is 0 Å². The van der Waals surface area contributed by atoms with Gasteiger partial charge in [0.05, 0.1) is 0 Å². The molecule has 0 radical (unpaired) electrons. The molecule has 0 spiro atoms. The van der Waals surface area contributed by atoms with Crippen molar-refractivity contribution in [3.63, 3.8) is 0 Å². The third kappa shape index (κ3) is 7.99. The quantitative estimate of drug-likeness (QED) is 0.414. The highest BCUT2D eigenvalue weighted by atomic mass is 16.2. The Balaban J connectivity index is 1.34. The van der Waals surface area contributed by atoms with Crippen molar-refractivity contribution < 1.29 is 9.59 Å². The van der Waals surface area contributed by atoms with Gasteiger partial charge in [0, 0.05) is 13.1 Å². The molecule has 2 N–H and O–H groups in total. The summed E-state index contributed by atoms with van der Waals surface area (Å²) >= 11 is 0. The molecule has 32 heavy (non-hydrogen) atoms. The van der Waals surface area contributed by atoms with Crippen LogP contribution in [0.5, 0.6) is 0 Å². The number of hydrogen-bond acceptors (Lipinski definition) is 3. The van der Waals surface area contributed by atoms with Gasteiger partial charge in [-0.3, -0.25) is 9.59 Å². The molecule has 0 saturated heterocycles. The van der Waals surface area contributed by atoms with Gasteiger partial charge in [-0.2, -0.15) is 0 Å². The maximum Gasteiger partial charge on any atom is 0.269 e. The summed E-state index contributed by atoms with van der Waals surface area (Å²) < 4.78 is 0. The number of nitrogens with zero attached hydrogens (tertiary/aromatic N) is 1. The van der Waals surface area contributed by atoms with Crippen LogP contribution in [0.2, 0.25) is 0 Å². The van der Waals surface area contributed by atoms with E-state index in [1.165, 1.54) is 11.1 Å². The van der Waals surface area contributed by atoms with E-state index < -0.39 is 0 Å². The SMILES string of the molecule is O=C(NCCCCc1ccccc1)c1cccc(C(=O)NCCCCc2ccccc2)n1. The number of carbonyl (C=O) groups is 2. The predicted octanol–water partition coefficient (Wildman–Crippen LogP) is 4.59. The number of pyridine rings is 1. The predicted molar refractivity (Wildman–Crippen MR) is 128 cm³/mol. The second kappa shape index (κ2) is 13.1. The fourth-order valence-corrected chi connectivity index (χ4v) is 3.47. The Bertz CT molecular complexity index is 898. The van der Waals surface area contributed by atoms with Crippen molar-refractivity contribution in [2.24, 2.45) is 0 Å². The fourth-order valence-electron chi connectivity index (χ4n) is 3.47. The van der Waals surface area contributed by atoms with Crippen LogP contribution in [0.1, 0.15) is 57.8 Å². The molecule has 1 aromatic heterocycles. The number of rotatable bonds is 12. The lowest BCUT2D eigenvalue weighted by Gasteiger charge is -2.08. The van der Waals surface area contributed by atoms with Gasteiger partial charge >= 0.3 is 0 Å². The Morgan fingerprint density at radius 3 is 1.44 bits per heavy atom. The lowest BCUT2D eigenvalue weighted by atomic mass is 10.1. The highest BCUT2D eigenvalue weighted by Crippen LogP contribution is 2.06. The van der Waals surface area contributed by atoms with Crippen molar-refractivity contribution in [1.82, 2.24) is 15.6 Å². The molecule has 2 amide bonds. The smallest absolute Gasteiger partial charge is 0.269 e. The van der Waals surface area contributed by atoms with E-state index >= 15 is 0 Å². The summed E-state index contributed by atoms with van der Waals surface area (Å²) in [5.74, 6) is -0.496. The molecule has 0 aliphatic carbocycles. The molecule has 3 aromatic rings. The summed E-state index contributed by atoms with van der Waals surface area (Å²) in [5.41, 5.74) is 3.15. The number of hydrogen-bond donors (Lipinski definition) is 2. The van der Waals surface area contributed by atoms with Crippen LogP contribution in [-0.4, -0.2) is 29.9 Å². The van der Waals surface area contributed by atoms with Crippen LogP contribution >= 0.6 is 0 Å². The Labute approximate surface area is 190 Å². The van der Waals surface area contributed by atoms with E-state index in [9.17, 15) is 9.59 Å². The van der Waals surface area contributed by atoms with Gasteiger partial charge in [-0.25, -0.2) is 4.98 Å². The third-order valence-corrected chi connectivity index (χ3v) is 5.26. The van der Waals surface area contributed by atoms with E-state index in [0.717, 1.165) is 38.5 Å². The monoisotopic (exact) mass is 429 g/mol. The lowest BCUT2D eigenvalue weighted by molar-refractivity contribution is 0.0944. The van der Waals surface area contributed by atoms with Crippen LogP contribution in [0, 0.1) is 0 Å². The van der Waals surface area contributed by atoms with Crippen LogP contribution < -0.4 is 10.6 Å². The first kappa shape index (κ1) is 23.2. The summed E-state index contributed by atoms with van der Waals surface area (Å²) in [6, 6.07) is 25.6. The molecule has 5 heteroatoms. The molecule has 0 fully saturated rings. The Morgan fingerprint density at radius 2 is 1.00 bits per heavy atom.